The number of aliphatic hydroxyl groups excluding tert-OH is 2. The van der Waals surface area contributed by atoms with E-state index in [-0.39, 0.29) is 18.5 Å². The van der Waals surface area contributed by atoms with Crippen LogP contribution in [-0.2, 0) is 14.3 Å². The van der Waals surface area contributed by atoms with E-state index < -0.39 is 12.1 Å². The maximum atomic E-state index is 12.4. The van der Waals surface area contributed by atoms with Gasteiger partial charge in [0.25, 0.3) is 0 Å². The number of unbranched alkanes of at least 4 members (excludes halogenated alkanes) is 34. The van der Waals surface area contributed by atoms with Gasteiger partial charge in [0, 0.05) is 12.8 Å². The van der Waals surface area contributed by atoms with Crippen molar-refractivity contribution in [2.45, 2.75) is 289 Å². The SMILES string of the molecule is CCCCCCCCCCCCCCC(=O)OCCCCCCCCC/C=C\CCCCCCCC(=O)NC(CO)C(O)CCCCCCCCCCCCCC. The molecule has 0 aliphatic heterocycles. The van der Waals surface area contributed by atoms with Crippen molar-refractivity contribution in [3.63, 3.8) is 0 Å². The van der Waals surface area contributed by atoms with E-state index in [0.29, 0.717) is 25.9 Å². The number of ether oxygens (including phenoxy) is 1. The van der Waals surface area contributed by atoms with Gasteiger partial charge in [-0.3, -0.25) is 9.59 Å². The topological polar surface area (TPSA) is 95.9 Å². The highest BCUT2D eigenvalue weighted by Gasteiger charge is 2.20. The zero-order valence-electron chi connectivity index (χ0n) is 38.3. The molecule has 0 radical (unpaired) electrons. The van der Waals surface area contributed by atoms with Crippen LogP contribution in [0, 0.1) is 0 Å². The number of amides is 1. The molecule has 0 spiro atoms. The molecule has 0 aromatic heterocycles. The van der Waals surface area contributed by atoms with Gasteiger partial charge in [-0.15, -0.1) is 0 Å². The maximum Gasteiger partial charge on any atom is 0.305 e. The minimum Gasteiger partial charge on any atom is -0.466 e. The number of allylic oxidation sites excluding steroid dienone is 2. The van der Waals surface area contributed by atoms with Crippen molar-refractivity contribution >= 4 is 11.9 Å². The predicted octanol–water partition coefficient (Wildman–Crippen LogP) is 15.0. The molecule has 0 saturated heterocycles. The Hall–Kier alpha value is -1.40. The van der Waals surface area contributed by atoms with Crippen LogP contribution >= 0.6 is 0 Å². The number of rotatable bonds is 47. The van der Waals surface area contributed by atoms with E-state index in [1.807, 2.05) is 0 Å². The first-order chi connectivity index (χ1) is 28.0. The van der Waals surface area contributed by atoms with E-state index in [4.69, 9.17) is 4.74 Å². The molecule has 0 saturated carbocycles. The lowest BCUT2D eigenvalue weighted by atomic mass is 10.0. The molecule has 3 N–H and O–H groups in total. The standard InChI is InChI=1S/C51H99NO5/c1-3-5-7-9-11-13-15-23-27-31-35-39-43-49(54)48(47-53)52-50(55)44-40-36-32-28-24-21-19-17-18-20-22-26-30-34-38-42-46-57-51(56)45-41-37-33-29-25-16-14-12-10-8-6-4-2/h17,19,48-49,53-54H,3-16,18,20-47H2,1-2H3,(H,52,55)/b19-17-. The van der Waals surface area contributed by atoms with Gasteiger partial charge in [-0.2, -0.15) is 0 Å². The van der Waals surface area contributed by atoms with Gasteiger partial charge in [0.1, 0.15) is 0 Å². The van der Waals surface area contributed by atoms with Gasteiger partial charge in [0.15, 0.2) is 0 Å². The molecule has 0 aromatic rings. The number of hydrogen-bond donors (Lipinski definition) is 3. The fourth-order valence-corrected chi connectivity index (χ4v) is 7.87. The number of esters is 1. The molecule has 6 nitrogen and oxygen atoms in total. The van der Waals surface area contributed by atoms with Crippen LogP contribution in [0.2, 0.25) is 0 Å². The third-order valence-corrected chi connectivity index (χ3v) is 11.8. The Kier molecular flexibility index (Phi) is 46.1. The van der Waals surface area contributed by atoms with E-state index in [2.05, 4.69) is 31.3 Å². The first-order valence-corrected chi connectivity index (χ1v) is 25.4. The van der Waals surface area contributed by atoms with Gasteiger partial charge in [-0.1, -0.05) is 225 Å². The highest BCUT2D eigenvalue weighted by atomic mass is 16.5. The largest absolute Gasteiger partial charge is 0.466 e. The van der Waals surface area contributed by atoms with Crippen LogP contribution in [0.1, 0.15) is 277 Å². The number of carbonyl (C=O) groups is 2. The molecule has 0 rings (SSSR count). The summed E-state index contributed by atoms with van der Waals surface area (Å²) in [4.78, 5) is 24.4. The van der Waals surface area contributed by atoms with Gasteiger partial charge in [-0.05, 0) is 51.4 Å². The summed E-state index contributed by atoms with van der Waals surface area (Å²) in [6, 6.07) is -0.551. The Morgan fingerprint density at radius 1 is 0.474 bits per heavy atom. The lowest BCUT2D eigenvalue weighted by molar-refractivity contribution is -0.143. The normalized spacial score (nSPS) is 12.7. The fraction of sp³-hybridized carbons (Fsp3) is 0.922. The molecule has 2 atom stereocenters. The number of hydrogen-bond acceptors (Lipinski definition) is 5. The van der Waals surface area contributed by atoms with Crippen molar-refractivity contribution in [1.29, 1.82) is 0 Å². The maximum absolute atomic E-state index is 12.4. The highest BCUT2D eigenvalue weighted by Crippen LogP contribution is 2.16. The minimum atomic E-state index is -0.672. The minimum absolute atomic E-state index is 0.00220. The zero-order valence-corrected chi connectivity index (χ0v) is 38.3. The average molecular weight is 806 g/mol. The van der Waals surface area contributed by atoms with Gasteiger partial charge in [-0.25, -0.2) is 0 Å². The van der Waals surface area contributed by atoms with Crippen LogP contribution in [0.15, 0.2) is 12.2 Å². The van der Waals surface area contributed by atoms with Crippen molar-refractivity contribution in [3.8, 4) is 0 Å². The third-order valence-electron chi connectivity index (χ3n) is 11.8. The second-order valence-electron chi connectivity index (χ2n) is 17.5. The average Bonchev–Trinajstić information content (AvgIpc) is 3.21. The van der Waals surface area contributed by atoms with E-state index >= 15 is 0 Å². The Labute approximate surface area is 355 Å². The van der Waals surface area contributed by atoms with E-state index in [1.165, 1.54) is 180 Å². The van der Waals surface area contributed by atoms with Crippen LogP contribution in [0.5, 0.6) is 0 Å². The number of carbonyl (C=O) groups excluding carboxylic acids is 2. The van der Waals surface area contributed by atoms with E-state index in [0.717, 1.165) is 64.2 Å². The fourth-order valence-electron chi connectivity index (χ4n) is 7.87. The van der Waals surface area contributed by atoms with Gasteiger partial charge in [0.2, 0.25) is 5.91 Å². The molecular weight excluding hydrogens is 707 g/mol. The molecule has 338 valence electrons. The summed E-state index contributed by atoms with van der Waals surface area (Å²) in [7, 11) is 0. The van der Waals surface area contributed by atoms with Crippen molar-refractivity contribution in [1.82, 2.24) is 5.32 Å². The van der Waals surface area contributed by atoms with Gasteiger partial charge in [0.05, 0.1) is 25.4 Å². The second kappa shape index (κ2) is 47.3. The lowest BCUT2D eigenvalue weighted by Gasteiger charge is -2.22. The van der Waals surface area contributed by atoms with Crippen LogP contribution in [0.4, 0.5) is 0 Å². The monoisotopic (exact) mass is 806 g/mol. The summed E-state index contributed by atoms with van der Waals surface area (Å²) in [5.41, 5.74) is 0. The molecule has 0 aliphatic rings. The highest BCUT2D eigenvalue weighted by molar-refractivity contribution is 5.76. The zero-order chi connectivity index (χ0) is 41.5. The number of nitrogens with one attached hydrogen (secondary N) is 1. The van der Waals surface area contributed by atoms with Crippen molar-refractivity contribution in [2.24, 2.45) is 0 Å². The molecule has 0 aromatic carbocycles. The van der Waals surface area contributed by atoms with E-state index in [1.54, 1.807) is 0 Å². The summed E-state index contributed by atoms with van der Waals surface area (Å²) < 4.78 is 5.45. The molecule has 6 heteroatoms. The summed E-state index contributed by atoms with van der Waals surface area (Å²) in [6.45, 7) is 4.92. The molecule has 2 unspecified atom stereocenters. The van der Waals surface area contributed by atoms with Crippen molar-refractivity contribution in [3.05, 3.63) is 12.2 Å². The molecule has 1 amide bonds. The molecule has 57 heavy (non-hydrogen) atoms. The Morgan fingerprint density at radius 3 is 1.25 bits per heavy atom. The van der Waals surface area contributed by atoms with Crippen LogP contribution < -0.4 is 5.32 Å². The third kappa shape index (κ3) is 44.0. The summed E-state index contributed by atoms with van der Waals surface area (Å²) in [6.07, 6.45) is 53.2. The van der Waals surface area contributed by atoms with Gasteiger partial charge < -0.3 is 20.3 Å². The quantitative estimate of drug-likeness (QED) is 0.0323. The Balaban J connectivity index is 3.46. The Bertz CT molecular complexity index is 847. The first kappa shape index (κ1) is 55.6. The Morgan fingerprint density at radius 2 is 0.825 bits per heavy atom. The summed E-state index contributed by atoms with van der Waals surface area (Å²) >= 11 is 0. The molecule has 0 heterocycles. The first-order valence-electron chi connectivity index (χ1n) is 25.4. The van der Waals surface area contributed by atoms with E-state index in [9.17, 15) is 19.8 Å². The molecule has 0 bridgehead atoms. The number of aliphatic hydroxyl groups is 2. The van der Waals surface area contributed by atoms with Crippen LogP contribution in [0.25, 0.3) is 0 Å². The lowest BCUT2D eigenvalue weighted by Crippen LogP contribution is -2.45. The summed E-state index contributed by atoms with van der Waals surface area (Å²) in [5, 5.41) is 23.1. The predicted molar refractivity (Wildman–Crippen MR) is 246 cm³/mol. The van der Waals surface area contributed by atoms with Gasteiger partial charge >= 0.3 is 5.97 Å². The van der Waals surface area contributed by atoms with Crippen molar-refractivity contribution in [2.75, 3.05) is 13.2 Å². The molecular formula is C51H99NO5. The molecule has 0 aliphatic carbocycles. The second-order valence-corrected chi connectivity index (χ2v) is 17.5. The van der Waals surface area contributed by atoms with Crippen molar-refractivity contribution < 1.29 is 24.5 Å². The van der Waals surface area contributed by atoms with Crippen LogP contribution in [0.3, 0.4) is 0 Å². The molecule has 0 fully saturated rings. The summed E-state index contributed by atoms with van der Waals surface area (Å²) in [5.74, 6) is -0.0544. The smallest absolute Gasteiger partial charge is 0.305 e. The van der Waals surface area contributed by atoms with Crippen LogP contribution in [-0.4, -0.2) is 47.4 Å².